The molecule has 2 heterocycles. The molecule has 0 spiro atoms. The second kappa shape index (κ2) is 5.52. The van der Waals surface area contributed by atoms with Crippen LogP contribution < -0.4 is 0 Å². The van der Waals surface area contributed by atoms with Crippen LogP contribution >= 0.6 is 0 Å². The zero-order valence-electron chi connectivity index (χ0n) is 13.3. The Bertz CT molecular complexity index is 1070. The second-order valence-electron chi connectivity index (χ2n) is 5.65. The summed E-state index contributed by atoms with van der Waals surface area (Å²) in [6, 6.07) is 15.6. The lowest BCUT2D eigenvalue weighted by Gasteiger charge is -2.12. The van der Waals surface area contributed by atoms with E-state index in [1.807, 2.05) is 30.3 Å². The van der Waals surface area contributed by atoms with Crippen LogP contribution in [0.25, 0.3) is 11.4 Å². The van der Waals surface area contributed by atoms with Gasteiger partial charge in [-0.3, -0.25) is 4.79 Å². The third-order valence-electron chi connectivity index (χ3n) is 4.04. The van der Waals surface area contributed by atoms with E-state index < -0.39 is 15.9 Å². The minimum atomic E-state index is -3.87. The molecular weight excluding hydrogens is 340 g/mol. The summed E-state index contributed by atoms with van der Waals surface area (Å²) in [7, 11) is -2.14. The van der Waals surface area contributed by atoms with E-state index in [0.29, 0.717) is 5.82 Å². The Kier molecular flexibility index (Phi) is 3.43. The van der Waals surface area contributed by atoms with Crippen LogP contribution in [0.4, 0.5) is 0 Å². The number of fused-ring (bicyclic) bond motifs is 1. The van der Waals surface area contributed by atoms with E-state index >= 15 is 0 Å². The van der Waals surface area contributed by atoms with Gasteiger partial charge in [0.2, 0.25) is 0 Å². The fourth-order valence-corrected chi connectivity index (χ4v) is 4.38. The van der Waals surface area contributed by atoms with E-state index in [9.17, 15) is 13.2 Å². The van der Waals surface area contributed by atoms with Crippen molar-refractivity contribution in [3.8, 4) is 11.4 Å². The molecule has 0 saturated heterocycles. The van der Waals surface area contributed by atoms with Crippen molar-refractivity contribution in [3.63, 3.8) is 0 Å². The van der Waals surface area contributed by atoms with E-state index in [1.54, 1.807) is 23.9 Å². The molecule has 1 aromatic heterocycles. The van der Waals surface area contributed by atoms with Crippen LogP contribution in [-0.2, 0) is 23.6 Å². The molecule has 0 atom stereocenters. The summed E-state index contributed by atoms with van der Waals surface area (Å²) in [5.41, 5.74) is 1.05. The fraction of sp³-hybridized carbons (Fsp3) is 0.118. The molecule has 0 fully saturated rings. The summed E-state index contributed by atoms with van der Waals surface area (Å²) < 4.78 is 27.6. The summed E-state index contributed by atoms with van der Waals surface area (Å²) in [5, 5.41) is 4.26. The van der Waals surface area contributed by atoms with Crippen molar-refractivity contribution in [2.75, 3.05) is 0 Å². The van der Waals surface area contributed by atoms with Gasteiger partial charge in [0, 0.05) is 12.6 Å². The molecule has 0 aliphatic carbocycles. The summed E-state index contributed by atoms with van der Waals surface area (Å²) in [4.78, 5) is 16.9. The maximum absolute atomic E-state index is 12.6. The molecule has 126 valence electrons. The van der Waals surface area contributed by atoms with Gasteiger partial charge in [0.15, 0.2) is 11.6 Å². The van der Waals surface area contributed by atoms with E-state index in [-0.39, 0.29) is 22.8 Å². The predicted molar refractivity (Wildman–Crippen MR) is 89.9 cm³/mol. The Morgan fingerprint density at radius 2 is 1.68 bits per heavy atom. The van der Waals surface area contributed by atoms with Gasteiger partial charge in [0.1, 0.15) is 4.90 Å². The molecule has 2 aromatic carbocycles. The zero-order valence-corrected chi connectivity index (χ0v) is 14.1. The van der Waals surface area contributed by atoms with Crippen LogP contribution in [0.5, 0.6) is 0 Å². The van der Waals surface area contributed by atoms with Crippen molar-refractivity contribution >= 4 is 15.9 Å². The van der Waals surface area contributed by atoms with Gasteiger partial charge in [-0.2, -0.15) is 5.10 Å². The minimum Gasteiger partial charge on any atom is -0.268 e. The molecule has 0 saturated carbocycles. The van der Waals surface area contributed by atoms with Crippen LogP contribution in [0.15, 0.2) is 59.5 Å². The van der Waals surface area contributed by atoms with Gasteiger partial charge < -0.3 is 0 Å². The fourth-order valence-electron chi connectivity index (χ4n) is 2.86. The van der Waals surface area contributed by atoms with Gasteiger partial charge in [-0.05, 0) is 12.1 Å². The van der Waals surface area contributed by atoms with Crippen molar-refractivity contribution in [1.29, 1.82) is 0 Å². The standard InChI is InChI=1S/C17H14N4O3S/c1-20-16(12-7-3-2-4-8-12)18-15(19-20)11-21-17(22)13-9-5-6-10-14(13)25(21,23)24/h2-10H,11H2,1H3. The molecule has 8 heteroatoms. The first kappa shape index (κ1) is 15.5. The third-order valence-corrected chi connectivity index (χ3v) is 5.82. The van der Waals surface area contributed by atoms with E-state index in [1.165, 1.54) is 12.1 Å². The van der Waals surface area contributed by atoms with Crippen LogP contribution in [0.3, 0.4) is 0 Å². The summed E-state index contributed by atoms with van der Waals surface area (Å²) in [6.45, 7) is -0.198. The van der Waals surface area contributed by atoms with Gasteiger partial charge in [-0.1, -0.05) is 42.5 Å². The number of hydrogen-bond acceptors (Lipinski definition) is 5. The molecular formula is C17H14N4O3S. The van der Waals surface area contributed by atoms with Crippen LogP contribution in [0.2, 0.25) is 0 Å². The molecule has 7 nitrogen and oxygen atoms in total. The highest BCUT2D eigenvalue weighted by Gasteiger charge is 2.41. The molecule has 0 unspecified atom stereocenters. The largest absolute Gasteiger partial charge is 0.269 e. The monoisotopic (exact) mass is 354 g/mol. The maximum atomic E-state index is 12.6. The minimum absolute atomic E-state index is 0.0270. The summed E-state index contributed by atoms with van der Waals surface area (Å²) >= 11 is 0. The quantitative estimate of drug-likeness (QED) is 0.716. The molecule has 0 N–H and O–H groups in total. The average Bonchev–Trinajstić information content (AvgIpc) is 3.08. The number of rotatable bonds is 3. The highest BCUT2D eigenvalue weighted by atomic mass is 32.2. The molecule has 1 aliphatic heterocycles. The topological polar surface area (TPSA) is 85.2 Å². The Hall–Kier alpha value is -3.00. The zero-order chi connectivity index (χ0) is 17.6. The van der Waals surface area contributed by atoms with Crippen LogP contribution in [-0.4, -0.2) is 33.4 Å². The lowest BCUT2D eigenvalue weighted by molar-refractivity contribution is 0.0862. The van der Waals surface area contributed by atoms with E-state index in [2.05, 4.69) is 10.1 Å². The highest BCUT2D eigenvalue weighted by molar-refractivity contribution is 7.90. The first-order chi connectivity index (χ1) is 12.0. The third kappa shape index (κ3) is 2.42. The molecule has 4 rings (SSSR count). The predicted octanol–water partition coefficient (Wildman–Crippen LogP) is 1.83. The number of aromatic nitrogens is 3. The number of carbonyl (C=O) groups excluding carboxylic acids is 1. The Balaban J connectivity index is 1.70. The van der Waals surface area contributed by atoms with Gasteiger partial charge in [0.25, 0.3) is 15.9 Å². The van der Waals surface area contributed by atoms with Crippen LogP contribution in [0, 0.1) is 0 Å². The molecule has 0 radical (unpaired) electrons. The first-order valence-corrected chi connectivity index (χ1v) is 9.04. The van der Waals surface area contributed by atoms with Gasteiger partial charge >= 0.3 is 0 Å². The number of carbonyl (C=O) groups is 1. The van der Waals surface area contributed by atoms with Crippen molar-refractivity contribution in [3.05, 3.63) is 66.0 Å². The van der Waals surface area contributed by atoms with Crippen molar-refractivity contribution in [2.45, 2.75) is 11.4 Å². The average molecular weight is 354 g/mol. The van der Waals surface area contributed by atoms with E-state index in [4.69, 9.17) is 0 Å². The van der Waals surface area contributed by atoms with Gasteiger partial charge in [-0.25, -0.2) is 22.4 Å². The lowest BCUT2D eigenvalue weighted by Crippen LogP contribution is -2.30. The Morgan fingerprint density at radius 3 is 2.40 bits per heavy atom. The summed E-state index contributed by atoms with van der Waals surface area (Å²) in [6.07, 6.45) is 0. The molecule has 3 aromatic rings. The number of aryl methyl sites for hydroxylation is 1. The first-order valence-electron chi connectivity index (χ1n) is 7.60. The lowest BCUT2D eigenvalue weighted by atomic mass is 10.2. The Morgan fingerprint density at radius 1 is 1.00 bits per heavy atom. The van der Waals surface area contributed by atoms with Crippen molar-refractivity contribution in [1.82, 2.24) is 19.1 Å². The molecule has 1 aliphatic rings. The number of amides is 1. The van der Waals surface area contributed by atoms with E-state index in [0.717, 1.165) is 9.87 Å². The smallest absolute Gasteiger partial charge is 0.268 e. The number of hydrogen-bond donors (Lipinski definition) is 0. The SMILES string of the molecule is Cn1nc(CN2C(=O)c3ccccc3S2(=O)=O)nc1-c1ccccc1. The second-order valence-corrected chi connectivity index (χ2v) is 7.48. The number of benzene rings is 2. The highest BCUT2D eigenvalue weighted by Crippen LogP contribution is 2.31. The van der Waals surface area contributed by atoms with Crippen molar-refractivity contribution < 1.29 is 13.2 Å². The maximum Gasteiger partial charge on any atom is 0.269 e. The van der Waals surface area contributed by atoms with Gasteiger partial charge in [0.05, 0.1) is 12.1 Å². The molecule has 25 heavy (non-hydrogen) atoms. The number of nitrogens with zero attached hydrogens (tertiary/aromatic N) is 4. The van der Waals surface area contributed by atoms with Gasteiger partial charge in [-0.15, -0.1) is 0 Å². The molecule has 0 bridgehead atoms. The molecule has 1 amide bonds. The van der Waals surface area contributed by atoms with Crippen LogP contribution in [0.1, 0.15) is 16.2 Å². The Labute approximate surface area is 144 Å². The normalized spacial score (nSPS) is 15.4. The summed E-state index contributed by atoms with van der Waals surface area (Å²) in [5.74, 6) is 0.326. The van der Waals surface area contributed by atoms with Crippen molar-refractivity contribution in [2.24, 2.45) is 7.05 Å². The number of sulfonamides is 1.